The number of carbonyl (C=O) groups excluding carboxylic acids is 1. The summed E-state index contributed by atoms with van der Waals surface area (Å²) in [4.78, 5) is 50.1. The Morgan fingerprint density at radius 2 is 1.75 bits per heavy atom. The van der Waals surface area contributed by atoms with E-state index in [-0.39, 0.29) is 17.9 Å². The number of fused-ring (bicyclic) bond motifs is 3. The number of rotatable bonds is 8. The molecule has 1 saturated heterocycles. The van der Waals surface area contributed by atoms with Gasteiger partial charge in [0.1, 0.15) is 11.2 Å². The molecule has 2 aromatic carbocycles. The highest BCUT2D eigenvalue weighted by Crippen LogP contribution is 2.56. The first-order valence-corrected chi connectivity index (χ1v) is 17.7. The van der Waals surface area contributed by atoms with Gasteiger partial charge in [-0.1, -0.05) is 41.9 Å². The molecule has 3 atom stereocenters. The number of aromatic nitrogens is 4. The van der Waals surface area contributed by atoms with Crippen LogP contribution in [0.15, 0.2) is 64.3 Å². The van der Waals surface area contributed by atoms with Gasteiger partial charge in [-0.3, -0.25) is 23.6 Å². The van der Waals surface area contributed by atoms with Crippen LogP contribution in [-0.4, -0.2) is 56.8 Å². The lowest BCUT2D eigenvalue weighted by Crippen LogP contribution is -2.37. The van der Waals surface area contributed by atoms with Gasteiger partial charge in [0.05, 0.1) is 35.9 Å². The van der Waals surface area contributed by atoms with Gasteiger partial charge in [0.25, 0.3) is 5.56 Å². The summed E-state index contributed by atoms with van der Waals surface area (Å²) in [5, 5.41) is 4.25. The molecule has 12 heteroatoms. The van der Waals surface area contributed by atoms with Crippen molar-refractivity contribution >= 4 is 40.0 Å². The fourth-order valence-corrected chi connectivity index (χ4v) is 8.71. The number of aryl methyl sites for hydroxylation is 2. The Kier molecular flexibility index (Phi) is 8.22. The van der Waals surface area contributed by atoms with Gasteiger partial charge in [-0.15, -0.1) is 0 Å². The Labute approximate surface area is 299 Å². The standard InChI is InChI=1S/C39H39ClN6O5/c1-6-51-38(48)32-25-18-46(19-26(25)32)30-14-13-21-17-28(43-36(50-5)31(21)30)24-11-7-10-23(34(24)40)22-9-8-12-27(20(22)2)42-35-33-29(15-16-41-35)44(3)39(49)45(4)37(33)47/h7-12,15-17,25-26,30,32H,6,13-14,18-19H2,1-5H3,(H,41,42). The molecule has 2 aliphatic carbocycles. The van der Waals surface area contributed by atoms with Gasteiger partial charge in [-0.2, -0.15) is 0 Å². The number of anilines is 2. The average Bonchev–Trinajstić information content (AvgIpc) is 3.41. The number of benzene rings is 2. The minimum Gasteiger partial charge on any atom is -0.481 e. The minimum atomic E-state index is -0.420. The summed E-state index contributed by atoms with van der Waals surface area (Å²) >= 11 is 7.24. The molecule has 2 fully saturated rings. The molecule has 1 saturated carbocycles. The highest BCUT2D eigenvalue weighted by Gasteiger charge is 2.61. The van der Waals surface area contributed by atoms with Crippen molar-refractivity contribution in [2.24, 2.45) is 31.8 Å². The van der Waals surface area contributed by atoms with E-state index < -0.39 is 11.2 Å². The van der Waals surface area contributed by atoms with Crippen LogP contribution in [0.3, 0.4) is 0 Å². The third kappa shape index (κ3) is 5.33. The largest absolute Gasteiger partial charge is 0.481 e. The molecule has 0 bridgehead atoms. The number of esters is 1. The fourth-order valence-electron chi connectivity index (χ4n) is 8.39. The van der Waals surface area contributed by atoms with Crippen molar-refractivity contribution in [1.29, 1.82) is 0 Å². The molecule has 262 valence electrons. The Morgan fingerprint density at radius 1 is 1.02 bits per heavy atom. The fraction of sp³-hybridized carbons (Fsp3) is 0.359. The number of methoxy groups -OCH3 is 1. The predicted molar refractivity (Wildman–Crippen MR) is 197 cm³/mol. The van der Waals surface area contributed by atoms with Crippen LogP contribution in [0, 0.1) is 24.7 Å². The van der Waals surface area contributed by atoms with Crippen LogP contribution < -0.4 is 21.3 Å². The van der Waals surface area contributed by atoms with E-state index in [0.717, 1.165) is 69.7 Å². The zero-order chi connectivity index (χ0) is 35.7. The summed E-state index contributed by atoms with van der Waals surface area (Å²) in [6, 6.07) is 15.8. The lowest BCUT2D eigenvalue weighted by molar-refractivity contribution is -0.145. The predicted octanol–water partition coefficient (Wildman–Crippen LogP) is 5.80. The maximum atomic E-state index is 13.2. The second kappa shape index (κ2) is 12.6. The zero-order valence-corrected chi connectivity index (χ0v) is 30.0. The van der Waals surface area contributed by atoms with Gasteiger partial charge in [0.2, 0.25) is 5.88 Å². The second-order valence-corrected chi connectivity index (χ2v) is 14.1. The van der Waals surface area contributed by atoms with Crippen molar-refractivity contribution in [3.8, 4) is 28.3 Å². The van der Waals surface area contributed by atoms with Crippen LogP contribution in [0.2, 0.25) is 5.02 Å². The number of likely N-dealkylation sites (tertiary alicyclic amines) is 1. The van der Waals surface area contributed by atoms with E-state index in [1.54, 1.807) is 26.4 Å². The van der Waals surface area contributed by atoms with Crippen LogP contribution in [0.5, 0.6) is 5.88 Å². The van der Waals surface area contributed by atoms with Crippen molar-refractivity contribution in [1.82, 2.24) is 24.0 Å². The van der Waals surface area contributed by atoms with E-state index in [1.165, 1.54) is 17.2 Å². The molecule has 0 amide bonds. The highest BCUT2D eigenvalue weighted by atomic mass is 35.5. The first-order valence-electron chi connectivity index (χ1n) is 17.3. The zero-order valence-electron chi connectivity index (χ0n) is 29.2. The third-order valence-electron chi connectivity index (χ3n) is 11.1. The number of hydrogen-bond donors (Lipinski definition) is 1. The molecule has 1 N–H and O–H groups in total. The smallest absolute Gasteiger partial charge is 0.330 e. The minimum absolute atomic E-state index is 0.0412. The normalized spacial score (nSPS) is 20.7. The summed E-state index contributed by atoms with van der Waals surface area (Å²) in [6.07, 6.45) is 3.46. The van der Waals surface area contributed by atoms with E-state index in [4.69, 9.17) is 26.1 Å². The summed E-state index contributed by atoms with van der Waals surface area (Å²) in [6.45, 7) is 6.05. The molecule has 3 unspecified atom stereocenters. The number of carbonyl (C=O) groups is 1. The lowest BCUT2D eigenvalue weighted by Gasteiger charge is -2.28. The average molecular weight is 707 g/mol. The Hall–Kier alpha value is -5.00. The maximum absolute atomic E-state index is 13.2. The molecule has 3 aliphatic rings. The molecule has 3 aromatic heterocycles. The van der Waals surface area contributed by atoms with Gasteiger partial charge in [-0.25, -0.2) is 14.8 Å². The van der Waals surface area contributed by atoms with Crippen molar-refractivity contribution in [2.45, 2.75) is 32.7 Å². The Bertz CT molecular complexity index is 2360. The summed E-state index contributed by atoms with van der Waals surface area (Å²) in [7, 11) is 4.77. The van der Waals surface area contributed by atoms with Crippen LogP contribution in [0.25, 0.3) is 33.3 Å². The third-order valence-corrected chi connectivity index (χ3v) is 11.5. The van der Waals surface area contributed by atoms with Crippen LogP contribution in [-0.2, 0) is 30.0 Å². The molecule has 5 aromatic rings. The van der Waals surface area contributed by atoms with Gasteiger partial charge in [-0.05, 0) is 73.4 Å². The van der Waals surface area contributed by atoms with Crippen molar-refractivity contribution in [2.75, 3.05) is 32.1 Å². The highest BCUT2D eigenvalue weighted by molar-refractivity contribution is 6.36. The molecule has 0 spiro atoms. The van der Waals surface area contributed by atoms with Crippen LogP contribution >= 0.6 is 11.6 Å². The summed E-state index contributed by atoms with van der Waals surface area (Å²) in [5.74, 6) is 1.71. The number of nitrogens with one attached hydrogen (secondary N) is 1. The summed E-state index contributed by atoms with van der Waals surface area (Å²) in [5.41, 5.74) is 6.98. The lowest BCUT2D eigenvalue weighted by atomic mass is 9.96. The van der Waals surface area contributed by atoms with Crippen molar-refractivity contribution < 1.29 is 14.3 Å². The van der Waals surface area contributed by atoms with Crippen LogP contribution in [0.1, 0.15) is 36.1 Å². The molecular weight excluding hydrogens is 668 g/mol. The van der Waals surface area contributed by atoms with Crippen molar-refractivity contribution in [3.05, 3.63) is 97.3 Å². The number of pyridine rings is 2. The topological polar surface area (TPSA) is 121 Å². The summed E-state index contributed by atoms with van der Waals surface area (Å²) < 4.78 is 13.8. The molecule has 1 aliphatic heterocycles. The van der Waals surface area contributed by atoms with E-state index in [1.807, 2.05) is 50.2 Å². The molecular formula is C39H39ClN6O5. The Balaban J connectivity index is 1.10. The molecule has 0 radical (unpaired) electrons. The first kappa shape index (κ1) is 33.2. The number of nitrogens with zero attached hydrogens (tertiary/aromatic N) is 5. The van der Waals surface area contributed by atoms with E-state index in [0.29, 0.717) is 46.1 Å². The molecule has 11 nitrogen and oxygen atoms in total. The van der Waals surface area contributed by atoms with Crippen molar-refractivity contribution in [3.63, 3.8) is 0 Å². The quantitative estimate of drug-likeness (QED) is 0.200. The maximum Gasteiger partial charge on any atom is 0.330 e. The number of piperidine rings is 1. The van der Waals surface area contributed by atoms with Gasteiger partial charge in [0, 0.05) is 61.8 Å². The second-order valence-electron chi connectivity index (χ2n) is 13.7. The monoisotopic (exact) mass is 706 g/mol. The molecule has 4 heterocycles. The first-order chi connectivity index (χ1) is 24.6. The van der Waals surface area contributed by atoms with Gasteiger partial charge >= 0.3 is 11.7 Å². The Morgan fingerprint density at radius 3 is 2.49 bits per heavy atom. The molecule has 51 heavy (non-hydrogen) atoms. The van der Waals surface area contributed by atoms with Gasteiger partial charge < -0.3 is 14.8 Å². The number of halogens is 1. The van der Waals surface area contributed by atoms with E-state index in [2.05, 4.69) is 21.3 Å². The number of hydrogen-bond acceptors (Lipinski definition) is 9. The van der Waals surface area contributed by atoms with Crippen LogP contribution in [0.4, 0.5) is 11.5 Å². The molecule has 8 rings (SSSR count). The number of ether oxygens (including phenoxy) is 2. The van der Waals surface area contributed by atoms with Gasteiger partial charge in [0.15, 0.2) is 0 Å². The van der Waals surface area contributed by atoms with E-state index in [9.17, 15) is 14.4 Å². The SMILES string of the molecule is CCOC(=O)C1C2CN(C3CCc4cc(-c5cccc(-c6cccc(Nc7nccc8c7c(=O)n(C)c(=O)n8C)c6C)c5Cl)nc(OC)c43)CC21. The van der Waals surface area contributed by atoms with E-state index >= 15 is 0 Å².